The number of hydrogen-bond donors (Lipinski definition) is 2. The van der Waals surface area contributed by atoms with Crippen LogP contribution in [0.4, 0.5) is 0 Å². The van der Waals surface area contributed by atoms with Crippen LogP contribution in [0.5, 0.6) is 0 Å². The van der Waals surface area contributed by atoms with E-state index < -0.39 is 0 Å². The number of hydrogen-bond acceptors (Lipinski definition) is 3. The minimum absolute atomic E-state index is 0.386. The highest BCUT2D eigenvalue weighted by Crippen LogP contribution is 2.12. The van der Waals surface area contributed by atoms with Gasteiger partial charge in [0, 0.05) is 19.2 Å². The SMILES string of the molecule is CCCCC(CC)COCC(O)CNC(C)CCC. The van der Waals surface area contributed by atoms with Crippen molar-refractivity contribution in [3.8, 4) is 0 Å². The monoisotopic (exact) mass is 273 g/mol. The first kappa shape index (κ1) is 18.9. The van der Waals surface area contributed by atoms with Gasteiger partial charge in [-0.3, -0.25) is 0 Å². The molecular weight excluding hydrogens is 238 g/mol. The standard InChI is InChI=1S/C16H35NO2/c1-5-8-10-15(7-3)12-19-13-16(18)11-17-14(4)9-6-2/h14-18H,5-13H2,1-4H3. The summed E-state index contributed by atoms with van der Waals surface area (Å²) in [5, 5.41) is 13.2. The van der Waals surface area contributed by atoms with Crippen molar-refractivity contribution >= 4 is 0 Å². The van der Waals surface area contributed by atoms with E-state index >= 15 is 0 Å². The second-order valence-electron chi connectivity index (χ2n) is 5.71. The maximum absolute atomic E-state index is 9.84. The van der Waals surface area contributed by atoms with Crippen LogP contribution in [0.25, 0.3) is 0 Å². The van der Waals surface area contributed by atoms with E-state index in [1.54, 1.807) is 0 Å². The van der Waals surface area contributed by atoms with Crippen molar-refractivity contribution in [1.29, 1.82) is 0 Å². The average molecular weight is 273 g/mol. The van der Waals surface area contributed by atoms with Crippen LogP contribution in [-0.2, 0) is 4.74 Å². The van der Waals surface area contributed by atoms with Gasteiger partial charge in [-0.1, -0.05) is 46.5 Å². The molecule has 0 radical (unpaired) electrons. The predicted molar refractivity (Wildman–Crippen MR) is 82.5 cm³/mol. The zero-order valence-corrected chi connectivity index (χ0v) is 13.5. The van der Waals surface area contributed by atoms with Crippen molar-refractivity contribution < 1.29 is 9.84 Å². The summed E-state index contributed by atoms with van der Waals surface area (Å²) in [5.41, 5.74) is 0. The van der Waals surface area contributed by atoms with Gasteiger partial charge in [-0.05, 0) is 25.7 Å². The molecule has 0 aliphatic carbocycles. The molecule has 0 amide bonds. The van der Waals surface area contributed by atoms with Gasteiger partial charge in [-0.15, -0.1) is 0 Å². The van der Waals surface area contributed by atoms with Crippen molar-refractivity contribution in [2.24, 2.45) is 5.92 Å². The number of aliphatic hydroxyl groups is 1. The van der Waals surface area contributed by atoms with Gasteiger partial charge in [0.05, 0.1) is 12.7 Å². The Morgan fingerprint density at radius 2 is 1.79 bits per heavy atom. The number of unbranched alkanes of at least 4 members (excludes halogenated alkanes) is 1. The van der Waals surface area contributed by atoms with E-state index in [1.165, 1.54) is 32.1 Å². The summed E-state index contributed by atoms with van der Waals surface area (Å²) in [7, 11) is 0. The summed E-state index contributed by atoms with van der Waals surface area (Å²) in [6.07, 6.45) is 6.89. The van der Waals surface area contributed by atoms with Crippen LogP contribution in [0.3, 0.4) is 0 Å². The Morgan fingerprint density at radius 1 is 1.05 bits per heavy atom. The third kappa shape index (κ3) is 11.4. The Kier molecular flexibility index (Phi) is 12.8. The normalized spacial score (nSPS) is 16.3. The van der Waals surface area contributed by atoms with Crippen molar-refractivity contribution in [1.82, 2.24) is 5.32 Å². The number of rotatable bonds is 13. The first-order valence-electron chi connectivity index (χ1n) is 8.13. The van der Waals surface area contributed by atoms with Crippen molar-refractivity contribution in [2.75, 3.05) is 19.8 Å². The fraction of sp³-hybridized carbons (Fsp3) is 1.00. The molecule has 0 rings (SSSR count). The Balaban J connectivity index is 3.57. The molecule has 0 aromatic carbocycles. The van der Waals surface area contributed by atoms with Crippen molar-refractivity contribution in [3.63, 3.8) is 0 Å². The fourth-order valence-corrected chi connectivity index (χ4v) is 2.20. The largest absolute Gasteiger partial charge is 0.389 e. The lowest BCUT2D eigenvalue weighted by molar-refractivity contribution is 0.0184. The van der Waals surface area contributed by atoms with E-state index in [0.717, 1.165) is 13.0 Å². The molecule has 0 heterocycles. The molecule has 2 N–H and O–H groups in total. The summed E-state index contributed by atoms with van der Waals surface area (Å²) < 4.78 is 5.65. The van der Waals surface area contributed by atoms with Crippen LogP contribution in [0.1, 0.15) is 66.2 Å². The Morgan fingerprint density at radius 3 is 2.37 bits per heavy atom. The predicted octanol–water partition coefficient (Wildman–Crippen LogP) is 3.36. The number of nitrogens with one attached hydrogen (secondary N) is 1. The average Bonchev–Trinajstić information content (AvgIpc) is 2.40. The minimum Gasteiger partial charge on any atom is -0.389 e. The summed E-state index contributed by atoms with van der Waals surface area (Å²) in [6.45, 7) is 10.7. The molecule has 0 aliphatic rings. The molecule has 3 heteroatoms. The molecule has 0 aromatic heterocycles. The Bertz CT molecular complexity index is 188. The van der Waals surface area contributed by atoms with E-state index in [2.05, 4.69) is 33.0 Å². The molecule has 0 aliphatic heterocycles. The van der Waals surface area contributed by atoms with E-state index in [0.29, 0.717) is 25.1 Å². The molecule has 0 saturated carbocycles. The highest BCUT2D eigenvalue weighted by molar-refractivity contribution is 4.65. The molecule has 0 bridgehead atoms. The molecule has 3 unspecified atom stereocenters. The maximum Gasteiger partial charge on any atom is 0.0897 e. The van der Waals surface area contributed by atoms with Gasteiger partial charge in [-0.25, -0.2) is 0 Å². The second-order valence-corrected chi connectivity index (χ2v) is 5.71. The van der Waals surface area contributed by atoms with Crippen LogP contribution in [-0.4, -0.2) is 37.0 Å². The van der Waals surface area contributed by atoms with E-state index in [9.17, 15) is 5.11 Å². The minimum atomic E-state index is -0.386. The van der Waals surface area contributed by atoms with Gasteiger partial charge in [0.2, 0.25) is 0 Å². The molecular formula is C16H35NO2. The highest BCUT2D eigenvalue weighted by atomic mass is 16.5. The highest BCUT2D eigenvalue weighted by Gasteiger charge is 2.09. The van der Waals surface area contributed by atoms with Gasteiger partial charge in [-0.2, -0.15) is 0 Å². The quantitative estimate of drug-likeness (QED) is 0.541. The van der Waals surface area contributed by atoms with Crippen LogP contribution < -0.4 is 5.32 Å². The van der Waals surface area contributed by atoms with E-state index in [1.807, 2.05) is 0 Å². The topological polar surface area (TPSA) is 41.5 Å². The first-order valence-corrected chi connectivity index (χ1v) is 8.13. The molecule has 19 heavy (non-hydrogen) atoms. The molecule has 3 atom stereocenters. The molecule has 0 saturated heterocycles. The molecule has 116 valence electrons. The van der Waals surface area contributed by atoms with Gasteiger partial charge < -0.3 is 15.2 Å². The zero-order chi connectivity index (χ0) is 14.5. The number of aliphatic hydroxyl groups excluding tert-OH is 1. The Hall–Kier alpha value is -0.120. The second kappa shape index (κ2) is 12.9. The molecule has 3 nitrogen and oxygen atoms in total. The van der Waals surface area contributed by atoms with Crippen molar-refractivity contribution in [2.45, 2.75) is 78.4 Å². The fourth-order valence-electron chi connectivity index (χ4n) is 2.20. The summed E-state index contributed by atoms with van der Waals surface area (Å²) in [5.74, 6) is 0.652. The van der Waals surface area contributed by atoms with Crippen LogP contribution in [0.2, 0.25) is 0 Å². The van der Waals surface area contributed by atoms with E-state index in [-0.39, 0.29) is 6.10 Å². The third-order valence-corrected chi connectivity index (χ3v) is 3.63. The number of ether oxygens (including phenoxy) is 1. The van der Waals surface area contributed by atoms with E-state index in [4.69, 9.17) is 4.74 Å². The zero-order valence-electron chi connectivity index (χ0n) is 13.5. The van der Waals surface area contributed by atoms with Crippen LogP contribution in [0, 0.1) is 5.92 Å². The third-order valence-electron chi connectivity index (χ3n) is 3.63. The smallest absolute Gasteiger partial charge is 0.0897 e. The first-order chi connectivity index (χ1) is 9.13. The van der Waals surface area contributed by atoms with Gasteiger partial charge >= 0.3 is 0 Å². The lowest BCUT2D eigenvalue weighted by Gasteiger charge is -2.19. The van der Waals surface area contributed by atoms with Gasteiger partial charge in [0.25, 0.3) is 0 Å². The van der Waals surface area contributed by atoms with Crippen molar-refractivity contribution in [3.05, 3.63) is 0 Å². The van der Waals surface area contributed by atoms with Crippen LogP contribution >= 0.6 is 0 Å². The summed E-state index contributed by atoms with van der Waals surface area (Å²) in [4.78, 5) is 0. The van der Waals surface area contributed by atoms with Gasteiger partial charge in [0.15, 0.2) is 0 Å². The van der Waals surface area contributed by atoms with Crippen LogP contribution in [0.15, 0.2) is 0 Å². The summed E-state index contributed by atoms with van der Waals surface area (Å²) in [6, 6.07) is 0.479. The Labute approximate surface area is 120 Å². The van der Waals surface area contributed by atoms with Gasteiger partial charge in [0.1, 0.15) is 0 Å². The molecule has 0 fully saturated rings. The summed E-state index contributed by atoms with van der Waals surface area (Å²) >= 11 is 0. The lowest BCUT2D eigenvalue weighted by Crippen LogP contribution is -2.36. The molecule has 0 aromatic rings. The lowest BCUT2D eigenvalue weighted by atomic mass is 10.0. The maximum atomic E-state index is 9.84. The molecule has 0 spiro atoms.